The normalized spacial score (nSPS) is 15.3. The molecule has 1 amide bonds. The van der Waals surface area contributed by atoms with Gasteiger partial charge >= 0.3 is 0 Å². The summed E-state index contributed by atoms with van der Waals surface area (Å²) < 4.78 is 0. The summed E-state index contributed by atoms with van der Waals surface area (Å²) in [6, 6.07) is 10.8. The molecule has 1 N–H and O–H groups in total. The fourth-order valence-electron chi connectivity index (χ4n) is 2.97. The molecule has 2 aromatic rings. The topological polar surface area (TPSA) is 29.1 Å². The SMILES string of the molecule is CC(NC(=O)Cc1cccs1)c1ccc2c(c1)CCCC2. The van der Waals surface area contributed by atoms with Crippen LogP contribution in [0.3, 0.4) is 0 Å². The zero-order valence-corrected chi connectivity index (χ0v) is 13.2. The van der Waals surface area contributed by atoms with E-state index in [2.05, 4.69) is 30.4 Å². The van der Waals surface area contributed by atoms with Gasteiger partial charge in [0.2, 0.25) is 5.91 Å². The first-order valence-electron chi connectivity index (χ1n) is 7.66. The summed E-state index contributed by atoms with van der Waals surface area (Å²) in [5.41, 5.74) is 4.18. The highest BCUT2D eigenvalue weighted by atomic mass is 32.1. The monoisotopic (exact) mass is 299 g/mol. The Bertz CT molecular complexity index is 618. The van der Waals surface area contributed by atoms with Gasteiger partial charge in [0.25, 0.3) is 0 Å². The van der Waals surface area contributed by atoms with E-state index in [0.29, 0.717) is 6.42 Å². The maximum absolute atomic E-state index is 12.1. The summed E-state index contributed by atoms with van der Waals surface area (Å²) in [5, 5.41) is 5.12. The van der Waals surface area contributed by atoms with E-state index in [-0.39, 0.29) is 11.9 Å². The van der Waals surface area contributed by atoms with E-state index >= 15 is 0 Å². The Morgan fingerprint density at radius 1 is 1.24 bits per heavy atom. The van der Waals surface area contributed by atoms with Crippen molar-refractivity contribution in [3.8, 4) is 0 Å². The second-order valence-corrected chi connectivity index (χ2v) is 6.81. The highest BCUT2D eigenvalue weighted by Crippen LogP contribution is 2.24. The molecular formula is C18H21NOS. The van der Waals surface area contributed by atoms with Crippen LogP contribution in [0.1, 0.15) is 47.4 Å². The molecule has 0 radical (unpaired) electrons. The zero-order valence-electron chi connectivity index (χ0n) is 12.4. The highest BCUT2D eigenvalue weighted by molar-refractivity contribution is 7.10. The lowest BCUT2D eigenvalue weighted by molar-refractivity contribution is -0.121. The van der Waals surface area contributed by atoms with E-state index in [1.54, 1.807) is 11.3 Å². The average Bonchev–Trinajstić information content (AvgIpc) is 2.99. The van der Waals surface area contributed by atoms with Crippen molar-refractivity contribution in [3.05, 3.63) is 57.3 Å². The van der Waals surface area contributed by atoms with E-state index in [4.69, 9.17) is 0 Å². The second kappa shape index (κ2) is 6.44. The van der Waals surface area contributed by atoms with Gasteiger partial charge < -0.3 is 5.32 Å². The Labute approximate surface area is 130 Å². The van der Waals surface area contributed by atoms with Crippen LogP contribution in [-0.4, -0.2) is 5.91 Å². The lowest BCUT2D eigenvalue weighted by atomic mass is 9.89. The Kier molecular flexibility index (Phi) is 4.39. The van der Waals surface area contributed by atoms with Crippen LogP contribution in [0.25, 0.3) is 0 Å². The molecule has 0 saturated heterocycles. The van der Waals surface area contributed by atoms with Gasteiger partial charge in [0.05, 0.1) is 12.5 Å². The molecule has 3 heteroatoms. The van der Waals surface area contributed by atoms with Crippen molar-refractivity contribution in [1.82, 2.24) is 5.32 Å². The molecule has 0 spiro atoms. The summed E-state index contributed by atoms with van der Waals surface area (Å²) in [6.45, 7) is 2.07. The van der Waals surface area contributed by atoms with Crippen molar-refractivity contribution in [1.29, 1.82) is 0 Å². The number of amides is 1. The number of carbonyl (C=O) groups excluding carboxylic acids is 1. The summed E-state index contributed by atoms with van der Waals surface area (Å²) in [4.78, 5) is 13.2. The van der Waals surface area contributed by atoms with Crippen molar-refractivity contribution >= 4 is 17.2 Å². The molecule has 1 atom stereocenters. The van der Waals surface area contributed by atoms with Crippen LogP contribution in [0.2, 0.25) is 0 Å². The molecular weight excluding hydrogens is 278 g/mol. The molecule has 110 valence electrons. The number of fused-ring (bicyclic) bond motifs is 1. The third-order valence-electron chi connectivity index (χ3n) is 4.16. The Balaban J connectivity index is 1.64. The summed E-state index contributed by atoms with van der Waals surface area (Å²) >= 11 is 1.63. The van der Waals surface area contributed by atoms with Crippen molar-refractivity contribution in [2.24, 2.45) is 0 Å². The molecule has 0 bridgehead atoms. The van der Waals surface area contributed by atoms with Crippen molar-refractivity contribution < 1.29 is 4.79 Å². The van der Waals surface area contributed by atoms with E-state index in [0.717, 1.165) is 4.88 Å². The first kappa shape index (κ1) is 14.3. The van der Waals surface area contributed by atoms with Crippen LogP contribution in [-0.2, 0) is 24.1 Å². The van der Waals surface area contributed by atoms with E-state index in [1.165, 1.54) is 42.4 Å². The molecule has 0 aliphatic heterocycles. The molecule has 1 aliphatic carbocycles. The molecule has 21 heavy (non-hydrogen) atoms. The predicted octanol–water partition coefficient (Wildman–Crippen LogP) is 4.05. The predicted molar refractivity (Wildman–Crippen MR) is 87.7 cm³/mol. The van der Waals surface area contributed by atoms with Crippen LogP contribution < -0.4 is 5.32 Å². The number of carbonyl (C=O) groups is 1. The van der Waals surface area contributed by atoms with E-state index in [9.17, 15) is 4.79 Å². The first-order valence-corrected chi connectivity index (χ1v) is 8.54. The Morgan fingerprint density at radius 3 is 2.81 bits per heavy atom. The molecule has 2 nitrogen and oxygen atoms in total. The van der Waals surface area contributed by atoms with Gasteiger partial charge in [-0.25, -0.2) is 0 Å². The van der Waals surface area contributed by atoms with Gasteiger partial charge in [-0.2, -0.15) is 0 Å². The lowest BCUT2D eigenvalue weighted by Gasteiger charge is -2.20. The Hall–Kier alpha value is -1.61. The molecule has 1 unspecified atom stereocenters. The quantitative estimate of drug-likeness (QED) is 0.906. The molecule has 0 saturated carbocycles. The average molecular weight is 299 g/mol. The van der Waals surface area contributed by atoms with Crippen LogP contribution in [0.15, 0.2) is 35.7 Å². The van der Waals surface area contributed by atoms with Gasteiger partial charge in [-0.1, -0.05) is 24.3 Å². The number of hydrogen-bond acceptors (Lipinski definition) is 2. The Morgan fingerprint density at radius 2 is 2.05 bits per heavy atom. The third kappa shape index (κ3) is 3.53. The van der Waals surface area contributed by atoms with Crippen molar-refractivity contribution in [2.45, 2.75) is 45.1 Å². The van der Waals surface area contributed by atoms with Gasteiger partial charge in [0, 0.05) is 4.88 Å². The number of rotatable bonds is 4. The number of benzene rings is 1. The number of hydrogen-bond donors (Lipinski definition) is 1. The minimum atomic E-state index is 0.0738. The standard InChI is InChI=1S/C18H21NOS/c1-13(19-18(20)12-17-7-4-10-21-17)15-9-8-14-5-2-3-6-16(14)11-15/h4,7-11,13H,2-3,5-6,12H2,1H3,(H,19,20). The zero-order chi connectivity index (χ0) is 14.7. The van der Waals surface area contributed by atoms with Crippen molar-refractivity contribution in [2.75, 3.05) is 0 Å². The van der Waals surface area contributed by atoms with Crippen LogP contribution in [0.4, 0.5) is 0 Å². The molecule has 1 aromatic carbocycles. The highest BCUT2D eigenvalue weighted by Gasteiger charge is 2.14. The van der Waals surface area contributed by atoms with E-state index in [1.807, 2.05) is 17.5 Å². The molecule has 1 aromatic heterocycles. The first-order chi connectivity index (χ1) is 10.2. The van der Waals surface area contributed by atoms with Gasteiger partial charge in [0.15, 0.2) is 0 Å². The van der Waals surface area contributed by atoms with Crippen LogP contribution in [0.5, 0.6) is 0 Å². The third-order valence-corrected chi connectivity index (χ3v) is 5.04. The largest absolute Gasteiger partial charge is 0.349 e. The van der Waals surface area contributed by atoms with Gasteiger partial charge in [-0.15, -0.1) is 11.3 Å². The van der Waals surface area contributed by atoms with Crippen molar-refractivity contribution in [3.63, 3.8) is 0 Å². The number of aryl methyl sites for hydroxylation is 2. The molecule has 3 rings (SSSR count). The molecule has 1 heterocycles. The minimum absolute atomic E-state index is 0.0738. The van der Waals surface area contributed by atoms with Gasteiger partial charge in [-0.05, 0) is 60.7 Å². The molecule has 0 fully saturated rings. The maximum Gasteiger partial charge on any atom is 0.225 e. The lowest BCUT2D eigenvalue weighted by Crippen LogP contribution is -2.28. The maximum atomic E-state index is 12.1. The smallest absolute Gasteiger partial charge is 0.225 e. The summed E-state index contributed by atoms with van der Waals surface area (Å²) in [7, 11) is 0. The minimum Gasteiger partial charge on any atom is -0.349 e. The van der Waals surface area contributed by atoms with Gasteiger partial charge in [0.1, 0.15) is 0 Å². The number of nitrogens with one attached hydrogen (secondary N) is 1. The number of thiophene rings is 1. The fourth-order valence-corrected chi connectivity index (χ4v) is 3.67. The van der Waals surface area contributed by atoms with Crippen LogP contribution >= 0.6 is 11.3 Å². The summed E-state index contributed by atoms with van der Waals surface area (Å²) in [5.74, 6) is 0.0997. The second-order valence-electron chi connectivity index (χ2n) is 5.78. The molecule has 1 aliphatic rings. The van der Waals surface area contributed by atoms with Crippen LogP contribution in [0, 0.1) is 0 Å². The fraction of sp³-hybridized carbons (Fsp3) is 0.389. The summed E-state index contributed by atoms with van der Waals surface area (Å²) in [6.07, 6.45) is 5.45. The van der Waals surface area contributed by atoms with E-state index < -0.39 is 0 Å². The van der Waals surface area contributed by atoms with Gasteiger partial charge in [-0.3, -0.25) is 4.79 Å².